The Kier molecular flexibility index (Phi) is 7.32. The molecular weight excluding hydrogens is 302 g/mol. The second-order valence-electron chi connectivity index (χ2n) is 5.77. The number of fused-ring (bicyclic) bond motifs is 1. The monoisotopic (exact) mass is 329 g/mol. The lowest BCUT2D eigenvalue weighted by Gasteiger charge is -2.16. The highest BCUT2D eigenvalue weighted by molar-refractivity contribution is 8.00. The first-order valence-electron chi connectivity index (χ1n) is 8.23. The molecule has 2 saturated heterocycles. The normalized spacial score (nSPS) is 26.4. The maximum atomic E-state index is 11.7. The summed E-state index contributed by atoms with van der Waals surface area (Å²) in [5.41, 5.74) is 0. The molecule has 0 radical (unpaired) electrons. The molecule has 0 spiro atoms. The predicted octanol–water partition coefficient (Wildman–Crippen LogP) is 1.26. The zero-order valence-corrected chi connectivity index (χ0v) is 14.0. The fourth-order valence-corrected chi connectivity index (χ4v) is 4.45. The Morgan fingerprint density at radius 1 is 1.36 bits per heavy atom. The van der Waals surface area contributed by atoms with Crippen LogP contribution in [0.1, 0.15) is 39.0 Å². The molecule has 0 aromatic carbocycles. The van der Waals surface area contributed by atoms with Crippen molar-refractivity contribution in [2.75, 3.05) is 25.5 Å². The molecule has 0 bridgehead atoms. The molecule has 22 heavy (non-hydrogen) atoms. The minimum atomic E-state index is -0.0354. The molecule has 2 heterocycles. The lowest BCUT2D eigenvalue weighted by Crippen LogP contribution is -2.36. The van der Waals surface area contributed by atoms with Gasteiger partial charge in [-0.2, -0.15) is 11.8 Å². The molecular formula is C15H27N3O3S. The van der Waals surface area contributed by atoms with Gasteiger partial charge in [-0.05, 0) is 26.2 Å². The Balaban J connectivity index is 1.49. The number of hydrogen-bond acceptors (Lipinski definition) is 4. The SMILES string of the molecule is CCOCCCNC(=O)CCCC[C@H]1SC[C@H]2NC(=O)N[C@H]21. The zero-order valence-electron chi connectivity index (χ0n) is 13.2. The van der Waals surface area contributed by atoms with E-state index in [4.69, 9.17) is 4.74 Å². The lowest BCUT2D eigenvalue weighted by atomic mass is 10.0. The third kappa shape index (κ3) is 5.35. The van der Waals surface area contributed by atoms with Crippen LogP contribution in [-0.4, -0.2) is 54.8 Å². The van der Waals surface area contributed by atoms with Crippen molar-refractivity contribution >= 4 is 23.7 Å². The maximum Gasteiger partial charge on any atom is 0.315 e. The summed E-state index contributed by atoms with van der Waals surface area (Å²) in [6, 6.07) is 0.521. The number of carbonyl (C=O) groups excluding carboxylic acids is 2. The van der Waals surface area contributed by atoms with Gasteiger partial charge in [-0.25, -0.2) is 4.79 Å². The fraction of sp³-hybridized carbons (Fsp3) is 0.867. The van der Waals surface area contributed by atoms with Crippen molar-refractivity contribution in [3.8, 4) is 0 Å². The molecule has 2 rings (SSSR count). The van der Waals surface area contributed by atoms with Crippen molar-refractivity contribution in [2.45, 2.75) is 56.4 Å². The summed E-state index contributed by atoms with van der Waals surface area (Å²) < 4.78 is 5.22. The molecule has 0 unspecified atom stereocenters. The maximum absolute atomic E-state index is 11.7. The standard InChI is InChI=1S/C15H27N3O3S/c1-2-21-9-5-8-16-13(19)7-4-3-6-12-14-11(10-22-12)17-15(20)18-14/h11-12,14H,2-10H2,1H3,(H,16,19)(H2,17,18,20)/t11-,12-,14-/m1/s1. The number of ether oxygens (including phenoxy) is 1. The highest BCUT2D eigenvalue weighted by Gasteiger charge is 2.42. The number of rotatable bonds is 10. The fourth-order valence-electron chi connectivity index (χ4n) is 2.91. The summed E-state index contributed by atoms with van der Waals surface area (Å²) in [7, 11) is 0. The van der Waals surface area contributed by atoms with E-state index in [1.54, 1.807) is 0 Å². The third-order valence-electron chi connectivity index (χ3n) is 4.07. The van der Waals surface area contributed by atoms with Crippen LogP contribution in [0.15, 0.2) is 0 Å². The summed E-state index contributed by atoms with van der Waals surface area (Å²) in [6.07, 6.45) is 4.46. The Bertz CT molecular complexity index is 381. The molecule has 2 aliphatic heterocycles. The Morgan fingerprint density at radius 3 is 3.05 bits per heavy atom. The third-order valence-corrected chi connectivity index (χ3v) is 5.58. The predicted molar refractivity (Wildman–Crippen MR) is 88.1 cm³/mol. The zero-order chi connectivity index (χ0) is 15.8. The minimum absolute atomic E-state index is 0.0354. The molecule has 3 N–H and O–H groups in total. The molecule has 7 heteroatoms. The second kappa shape index (κ2) is 9.25. The number of urea groups is 1. The first-order chi connectivity index (χ1) is 10.7. The van der Waals surface area contributed by atoms with Gasteiger partial charge in [0.25, 0.3) is 0 Å². The number of unbranched alkanes of at least 4 members (excludes halogenated alkanes) is 1. The average Bonchev–Trinajstić information content (AvgIpc) is 3.03. The van der Waals surface area contributed by atoms with Gasteiger partial charge in [-0.1, -0.05) is 6.42 Å². The largest absolute Gasteiger partial charge is 0.382 e. The second-order valence-corrected chi connectivity index (χ2v) is 7.04. The van der Waals surface area contributed by atoms with E-state index in [1.807, 2.05) is 18.7 Å². The summed E-state index contributed by atoms with van der Waals surface area (Å²) in [5.74, 6) is 1.12. The summed E-state index contributed by atoms with van der Waals surface area (Å²) in [5, 5.41) is 9.35. The van der Waals surface area contributed by atoms with Crippen LogP contribution >= 0.6 is 11.8 Å². The number of nitrogens with one attached hydrogen (secondary N) is 3. The van der Waals surface area contributed by atoms with E-state index in [0.717, 1.165) is 38.0 Å². The highest BCUT2D eigenvalue weighted by Crippen LogP contribution is 2.33. The lowest BCUT2D eigenvalue weighted by molar-refractivity contribution is -0.121. The molecule has 126 valence electrons. The van der Waals surface area contributed by atoms with Gasteiger partial charge in [-0.3, -0.25) is 4.79 Å². The van der Waals surface area contributed by atoms with Crippen LogP contribution in [0.4, 0.5) is 4.79 Å². The number of hydrogen-bond donors (Lipinski definition) is 3. The van der Waals surface area contributed by atoms with E-state index in [0.29, 0.717) is 24.8 Å². The van der Waals surface area contributed by atoms with Crippen molar-refractivity contribution in [2.24, 2.45) is 0 Å². The first-order valence-corrected chi connectivity index (χ1v) is 9.28. The van der Waals surface area contributed by atoms with Crippen molar-refractivity contribution in [3.63, 3.8) is 0 Å². The van der Waals surface area contributed by atoms with E-state index in [2.05, 4.69) is 16.0 Å². The summed E-state index contributed by atoms with van der Waals surface area (Å²) in [4.78, 5) is 23.0. The molecule has 2 aliphatic rings. The summed E-state index contributed by atoms with van der Waals surface area (Å²) in [6.45, 7) is 4.10. The smallest absolute Gasteiger partial charge is 0.315 e. The van der Waals surface area contributed by atoms with Gasteiger partial charge in [0.15, 0.2) is 0 Å². The molecule has 6 nitrogen and oxygen atoms in total. The summed E-state index contributed by atoms with van der Waals surface area (Å²) >= 11 is 1.93. The number of thioether (sulfide) groups is 1. The van der Waals surface area contributed by atoms with Gasteiger partial charge in [0.05, 0.1) is 12.1 Å². The van der Waals surface area contributed by atoms with Gasteiger partial charge in [-0.15, -0.1) is 0 Å². The van der Waals surface area contributed by atoms with Crippen LogP contribution in [0.3, 0.4) is 0 Å². The van der Waals surface area contributed by atoms with Crippen molar-refractivity contribution < 1.29 is 14.3 Å². The molecule has 0 aromatic rings. The molecule has 0 saturated carbocycles. The van der Waals surface area contributed by atoms with E-state index in [-0.39, 0.29) is 24.0 Å². The molecule has 3 amide bonds. The minimum Gasteiger partial charge on any atom is -0.382 e. The molecule has 0 aromatic heterocycles. The van der Waals surface area contributed by atoms with E-state index < -0.39 is 0 Å². The molecule has 2 fully saturated rings. The van der Waals surface area contributed by atoms with Gasteiger partial charge in [0.1, 0.15) is 0 Å². The number of amides is 3. The Hall–Kier alpha value is -0.950. The van der Waals surface area contributed by atoms with Crippen LogP contribution in [0.25, 0.3) is 0 Å². The molecule has 3 atom stereocenters. The molecule has 0 aliphatic carbocycles. The van der Waals surface area contributed by atoms with Gasteiger partial charge in [0, 0.05) is 37.2 Å². The topological polar surface area (TPSA) is 79.5 Å². The Labute approximate surface area is 136 Å². The van der Waals surface area contributed by atoms with Crippen molar-refractivity contribution in [1.29, 1.82) is 0 Å². The van der Waals surface area contributed by atoms with Gasteiger partial charge >= 0.3 is 6.03 Å². The van der Waals surface area contributed by atoms with Gasteiger partial charge in [0.2, 0.25) is 5.91 Å². The van der Waals surface area contributed by atoms with Gasteiger partial charge < -0.3 is 20.7 Å². The van der Waals surface area contributed by atoms with E-state index in [9.17, 15) is 9.59 Å². The highest BCUT2D eigenvalue weighted by atomic mass is 32.2. The quantitative estimate of drug-likeness (QED) is 0.416. The first kappa shape index (κ1) is 17.4. The van der Waals surface area contributed by atoms with Crippen LogP contribution in [0.5, 0.6) is 0 Å². The van der Waals surface area contributed by atoms with Crippen molar-refractivity contribution in [3.05, 3.63) is 0 Å². The van der Waals surface area contributed by atoms with Crippen LogP contribution in [0.2, 0.25) is 0 Å². The van der Waals surface area contributed by atoms with E-state index in [1.165, 1.54) is 0 Å². The van der Waals surface area contributed by atoms with E-state index >= 15 is 0 Å². The average molecular weight is 329 g/mol. The van der Waals surface area contributed by atoms with Crippen molar-refractivity contribution in [1.82, 2.24) is 16.0 Å². The number of carbonyl (C=O) groups is 2. The Morgan fingerprint density at radius 2 is 2.23 bits per heavy atom. The van der Waals surface area contributed by atoms with Crippen LogP contribution in [0, 0.1) is 0 Å². The van der Waals surface area contributed by atoms with Crippen LogP contribution < -0.4 is 16.0 Å². The van der Waals surface area contributed by atoms with Crippen LogP contribution in [-0.2, 0) is 9.53 Å².